The Morgan fingerprint density at radius 2 is 1.83 bits per heavy atom. The van der Waals surface area contributed by atoms with Gasteiger partial charge in [0, 0.05) is 0 Å². The third kappa shape index (κ3) is 1.57. The van der Waals surface area contributed by atoms with Crippen molar-refractivity contribution in [2.45, 2.75) is 0 Å². The van der Waals surface area contributed by atoms with Gasteiger partial charge in [-0.05, 0) is 0 Å². The number of carbonyl (C=O) groups is 1. The van der Waals surface area contributed by atoms with Crippen LogP contribution < -0.4 is 10.8 Å². The van der Waals surface area contributed by atoms with Gasteiger partial charge in [-0.2, -0.15) is 0 Å². The number of hydrogen-bond acceptors (Lipinski definition) is 5. The molecule has 0 radical (unpaired) electrons. The van der Waals surface area contributed by atoms with Crippen LogP contribution in [0.5, 0.6) is 0 Å². The lowest BCUT2D eigenvalue weighted by Crippen LogP contribution is -2.25. The Labute approximate surface area is 77.1 Å². The van der Waals surface area contributed by atoms with Gasteiger partial charge in [0.15, 0.2) is 16.1 Å². The van der Waals surface area contributed by atoms with Crippen molar-refractivity contribution in [3.63, 3.8) is 0 Å². The summed E-state index contributed by atoms with van der Waals surface area (Å²) >= 11 is 10.8. The number of rotatable bonds is 1. The molecule has 0 fully saturated rings. The molecular formula is C5H2Cl2N3O2-. The molecule has 1 aromatic rings. The number of aromatic carboxylic acids is 1. The van der Waals surface area contributed by atoms with Crippen molar-refractivity contribution in [2.75, 3.05) is 5.73 Å². The van der Waals surface area contributed by atoms with Gasteiger partial charge >= 0.3 is 0 Å². The van der Waals surface area contributed by atoms with E-state index < -0.39 is 11.7 Å². The highest BCUT2D eigenvalue weighted by Gasteiger charge is 2.08. The SMILES string of the molecule is Nc1nc(Cl)c(Cl)nc1C(=O)[O-]. The molecule has 0 amide bonds. The van der Waals surface area contributed by atoms with Gasteiger partial charge in [0.1, 0.15) is 5.69 Å². The minimum Gasteiger partial charge on any atom is -0.543 e. The number of aromatic nitrogens is 2. The Balaban J connectivity index is 3.33. The molecule has 12 heavy (non-hydrogen) atoms. The van der Waals surface area contributed by atoms with E-state index in [9.17, 15) is 9.90 Å². The van der Waals surface area contributed by atoms with Gasteiger partial charge in [-0.25, -0.2) is 9.97 Å². The average Bonchev–Trinajstić information content (AvgIpc) is 1.96. The van der Waals surface area contributed by atoms with E-state index in [1.165, 1.54) is 0 Å². The van der Waals surface area contributed by atoms with Gasteiger partial charge in [0.05, 0.1) is 5.97 Å². The molecule has 1 heterocycles. The number of carboxylic acids is 1. The van der Waals surface area contributed by atoms with Crippen molar-refractivity contribution in [1.82, 2.24) is 9.97 Å². The van der Waals surface area contributed by atoms with E-state index in [0.29, 0.717) is 0 Å². The van der Waals surface area contributed by atoms with Crippen LogP contribution in [0, 0.1) is 0 Å². The molecule has 5 nitrogen and oxygen atoms in total. The van der Waals surface area contributed by atoms with Crippen LogP contribution in [0.1, 0.15) is 10.5 Å². The number of anilines is 1. The minimum atomic E-state index is -1.54. The van der Waals surface area contributed by atoms with E-state index in [1.54, 1.807) is 0 Å². The summed E-state index contributed by atoms with van der Waals surface area (Å²) in [5, 5.41) is 9.93. The number of carboxylic acid groups (broad SMARTS) is 1. The second kappa shape index (κ2) is 3.12. The van der Waals surface area contributed by atoms with Crippen molar-refractivity contribution >= 4 is 35.0 Å². The maximum atomic E-state index is 10.3. The fourth-order valence-corrected chi connectivity index (χ4v) is 0.817. The molecule has 2 N–H and O–H groups in total. The van der Waals surface area contributed by atoms with Crippen LogP contribution in [0.3, 0.4) is 0 Å². The number of nitrogen functional groups attached to an aromatic ring is 1. The molecule has 7 heteroatoms. The first-order chi connectivity index (χ1) is 5.52. The van der Waals surface area contributed by atoms with Crippen molar-refractivity contribution in [3.05, 3.63) is 16.0 Å². The summed E-state index contributed by atoms with van der Waals surface area (Å²) in [5.41, 5.74) is 4.64. The Morgan fingerprint density at radius 1 is 1.33 bits per heavy atom. The first-order valence-electron chi connectivity index (χ1n) is 2.72. The topological polar surface area (TPSA) is 91.9 Å². The molecule has 0 saturated carbocycles. The number of carbonyl (C=O) groups excluding carboxylic acids is 1. The fraction of sp³-hybridized carbons (Fsp3) is 0. The summed E-state index contributed by atoms with van der Waals surface area (Å²) < 4.78 is 0. The zero-order valence-corrected chi connectivity index (χ0v) is 7.06. The number of hydrogen-bond donors (Lipinski definition) is 1. The summed E-state index contributed by atoms with van der Waals surface area (Å²) in [4.78, 5) is 17.1. The molecular weight excluding hydrogens is 205 g/mol. The molecule has 0 atom stereocenters. The molecule has 0 unspecified atom stereocenters. The summed E-state index contributed by atoms with van der Waals surface area (Å²) in [6.07, 6.45) is 0. The van der Waals surface area contributed by atoms with Crippen molar-refractivity contribution in [2.24, 2.45) is 0 Å². The van der Waals surface area contributed by atoms with Gasteiger partial charge in [0.2, 0.25) is 0 Å². The maximum Gasteiger partial charge on any atom is 0.168 e. The van der Waals surface area contributed by atoms with Crippen LogP contribution in [-0.2, 0) is 0 Å². The smallest absolute Gasteiger partial charge is 0.168 e. The largest absolute Gasteiger partial charge is 0.543 e. The second-order valence-electron chi connectivity index (χ2n) is 1.83. The molecule has 0 aliphatic carbocycles. The Morgan fingerprint density at radius 3 is 2.33 bits per heavy atom. The minimum absolute atomic E-state index is 0.140. The summed E-state index contributed by atoms with van der Waals surface area (Å²) in [7, 11) is 0. The van der Waals surface area contributed by atoms with Crippen LogP contribution in [0.25, 0.3) is 0 Å². The lowest BCUT2D eigenvalue weighted by Gasteiger charge is -2.04. The molecule has 1 aromatic heterocycles. The quantitative estimate of drug-likeness (QED) is 0.684. The Hall–Kier alpha value is -1.07. The van der Waals surface area contributed by atoms with Gasteiger partial charge in [-0.15, -0.1) is 0 Å². The lowest BCUT2D eigenvalue weighted by atomic mass is 10.4. The van der Waals surface area contributed by atoms with Crippen LogP contribution in [0.15, 0.2) is 0 Å². The zero-order chi connectivity index (χ0) is 9.30. The lowest BCUT2D eigenvalue weighted by molar-refractivity contribution is -0.255. The first-order valence-corrected chi connectivity index (χ1v) is 3.48. The Bertz CT molecular complexity index is 342. The fourth-order valence-electron chi connectivity index (χ4n) is 0.557. The predicted octanol–water partition coefficient (Wildman–Crippen LogP) is -0.271. The molecule has 64 valence electrons. The van der Waals surface area contributed by atoms with E-state index in [2.05, 4.69) is 9.97 Å². The summed E-state index contributed by atoms with van der Waals surface area (Å²) in [5.74, 6) is -1.86. The summed E-state index contributed by atoms with van der Waals surface area (Å²) in [6.45, 7) is 0. The van der Waals surface area contributed by atoms with Crippen LogP contribution in [0.2, 0.25) is 10.3 Å². The third-order valence-corrected chi connectivity index (χ3v) is 1.66. The zero-order valence-electron chi connectivity index (χ0n) is 5.54. The predicted molar refractivity (Wildman–Crippen MR) is 40.8 cm³/mol. The highest BCUT2D eigenvalue weighted by Crippen LogP contribution is 2.19. The third-order valence-electron chi connectivity index (χ3n) is 1.03. The number of nitrogens with two attached hydrogens (primary N) is 1. The standard InChI is InChI=1S/C5H3Cl2N3O2/c6-2-3(7)10-4(8)1(9-2)5(11)12/h(H2,8,10)(H,11,12)/p-1. The number of nitrogens with zero attached hydrogens (tertiary/aromatic N) is 2. The first kappa shape index (κ1) is 9.02. The van der Waals surface area contributed by atoms with E-state index >= 15 is 0 Å². The molecule has 0 bridgehead atoms. The van der Waals surface area contributed by atoms with Crippen molar-refractivity contribution in [1.29, 1.82) is 0 Å². The van der Waals surface area contributed by atoms with Crippen LogP contribution in [0.4, 0.5) is 5.82 Å². The average molecular weight is 207 g/mol. The van der Waals surface area contributed by atoms with Crippen LogP contribution >= 0.6 is 23.2 Å². The molecule has 0 aliphatic rings. The van der Waals surface area contributed by atoms with E-state index in [0.717, 1.165) is 0 Å². The second-order valence-corrected chi connectivity index (χ2v) is 2.54. The highest BCUT2D eigenvalue weighted by atomic mass is 35.5. The van der Waals surface area contributed by atoms with Crippen molar-refractivity contribution in [3.8, 4) is 0 Å². The Kier molecular flexibility index (Phi) is 2.35. The highest BCUT2D eigenvalue weighted by molar-refractivity contribution is 6.40. The molecule has 0 aliphatic heterocycles. The normalized spacial score (nSPS) is 9.83. The van der Waals surface area contributed by atoms with Crippen LogP contribution in [-0.4, -0.2) is 15.9 Å². The van der Waals surface area contributed by atoms with Gasteiger partial charge in [0.25, 0.3) is 0 Å². The number of halogens is 2. The molecule has 0 spiro atoms. The summed E-state index contributed by atoms with van der Waals surface area (Å²) in [6, 6.07) is 0. The van der Waals surface area contributed by atoms with E-state index in [1.807, 2.05) is 0 Å². The molecule has 0 saturated heterocycles. The van der Waals surface area contributed by atoms with E-state index in [4.69, 9.17) is 28.9 Å². The van der Waals surface area contributed by atoms with Gasteiger partial charge in [-0.1, -0.05) is 23.2 Å². The monoisotopic (exact) mass is 206 g/mol. The van der Waals surface area contributed by atoms with E-state index in [-0.39, 0.29) is 16.1 Å². The van der Waals surface area contributed by atoms with Gasteiger partial charge < -0.3 is 15.6 Å². The van der Waals surface area contributed by atoms with Crippen molar-refractivity contribution < 1.29 is 9.90 Å². The molecule has 0 aromatic carbocycles. The van der Waals surface area contributed by atoms with Gasteiger partial charge in [-0.3, -0.25) is 0 Å². The molecule has 1 rings (SSSR count). The maximum absolute atomic E-state index is 10.3.